The van der Waals surface area contributed by atoms with Crippen LogP contribution in [-0.2, 0) is 14.3 Å². The van der Waals surface area contributed by atoms with Gasteiger partial charge in [0.1, 0.15) is 11.6 Å². The van der Waals surface area contributed by atoms with Crippen LogP contribution in [-0.4, -0.2) is 24.8 Å². The number of rotatable bonds is 2. The summed E-state index contributed by atoms with van der Waals surface area (Å²) >= 11 is 0. The molecule has 3 nitrogen and oxygen atoms in total. The Morgan fingerprint density at radius 2 is 1.82 bits per heavy atom. The van der Waals surface area contributed by atoms with E-state index in [4.69, 9.17) is 4.74 Å². The van der Waals surface area contributed by atoms with Crippen molar-refractivity contribution >= 4 is 11.6 Å². The van der Waals surface area contributed by atoms with Crippen molar-refractivity contribution < 1.29 is 14.3 Å². The minimum Gasteiger partial charge on any atom is -0.377 e. The Labute approximate surface area is 170 Å². The molecule has 0 radical (unpaired) electrons. The lowest BCUT2D eigenvalue weighted by molar-refractivity contribution is -0.135. The van der Waals surface area contributed by atoms with Crippen molar-refractivity contribution in [2.45, 2.75) is 72.8 Å². The molecule has 2 saturated carbocycles. The van der Waals surface area contributed by atoms with Gasteiger partial charge in [0.25, 0.3) is 0 Å². The maximum Gasteiger partial charge on any atom is 0.142 e. The molecule has 0 N–H and O–H groups in total. The Morgan fingerprint density at radius 3 is 2.46 bits per heavy atom. The van der Waals surface area contributed by atoms with Gasteiger partial charge in [0.05, 0.1) is 6.10 Å². The average molecular weight is 385 g/mol. The molecule has 154 valence electrons. The van der Waals surface area contributed by atoms with E-state index in [1.807, 2.05) is 20.8 Å². The second-order valence-corrected chi connectivity index (χ2v) is 11.2. The fourth-order valence-corrected chi connectivity index (χ4v) is 7.00. The van der Waals surface area contributed by atoms with E-state index in [9.17, 15) is 9.59 Å². The number of carbonyl (C=O) groups excluding carboxylic acids is 2. The summed E-state index contributed by atoms with van der Waals surface area (Å²) in [6.07, 6.45) is 11.8. The van der Waals surface area contributed by atoms with Crippen LogP contribution in [0.1, 0.15) is 66.7 Å². The predicted octanol–water partition coefficient (Wildman–Crippen LogP) is 5.15. The van der Waals surface area contributed by atoms with Gasteiger partial charge < -0.3 is 4.74 Å². The summed E-state index contributed by atoms with van der Waals surface area (Å²) in [4.78, 5) is 26.4. The van der Waals surface area contributed by atoms with Crippen LogP contribution in [0.4, 0.5) is 0 Å². The number of Topliss-reactive ketones (excluding diaryl/α,β-unsaturated/α-hetero) is 2. The van der Waals surface area contributed by atoms with Gasteiger partial charge in [0.15, 0.2) is 0 Å². The molecule has 0 aromatic carbocycles. The fourth-order valence-electron chi connectivity index (χ4n) is 7.00. The third-order valence-electron chi connectivity index (χ3n) is 8.73. The van der Waals surface area contributed by atoms with Gasteiger partial charge in [-0.15, -0.1) is 0 Å². The first kappa shape index (κ1) is 20.1. The molecule has 0 heterocycles. The van der Waals surface area contributed by atoms with Crippen molar-refractivity contribution in [2.24, 2.45) is 39.9 Å². The minimum absolute atomic E-state index is 0.126. The maximum absolute atomic E-state index is 13.3. The van der Waals surface area contributed by atoms with Crippen molar-refractivity contribution in [3.05, 3.63) is 23.8 Å². The highest BCUT2D eigenvalue weighted by molar-refractivity contribution is 5.97. The third-order valence-corrected chi connectivity index (χ3v) is 8.73. The van der Waals surface area contributed by atoms with Gasteiger partial charge in [-0.3, -0.25) is 9.59 Å². The second kappa shape index (κ2) is 6.39. The molecule has 0 spiro atoms. The fraction of sp³-hybridized carbons (Fsp3) is 0.760. The van der Waals surface area contributed by atoms with Crippen LogP contribution >= 0.6 is 0 Å². The lowest BCUT2D eigenvalue weighted by Gasteiger charge is -2.56. The van der Waals surface area contributed by atoms with E-state index in [1.54, 1.807) is 7.11 Å². The van der Waals surface area contributed by atoms with Crippen LogP contribution in [0, 0.1) is 39.9 Å². The zero-order valence-corrected chi connectivity index (χ0v) is 18.4. The largest absolute Gasteiger partial charge is 0.377 e. The molecular weight excluding hydrogens is 348 g/mol. The van der Waals surface area contributed by atoms with Gasteiger partial charge in [0.2, 0.25) is 0 Å². The summed E-state index contributed by atoms with van der Waals surface area (Å²) < 4.78 is 5.61. The minimum atomic E-state index is -0.396. The molecule has 3 heteroatoms. The summed E-state index contributed by atoms with van der Waals surface area (Å²) in [5.41, 5.74) is 0.806. The van der Waals surface area contributed by atoms with Gasteiger partial charge >= 0.3 is 0 Å². The first-order valence-corrected chi connectivity index (χ1v) is 11.0. The van der Waals surface area contributed by atoms with Crippen LogP contribution in [0.5, 0.6) is 0 Å². The molecule has 0 saturated heterocycles. The normalized spacial score (nSPS) is 45.1. The highest BCUT2D eigenvalue weighted by atomic mass is 16.5. The molecule has 28 heavy (non-hydrogen) atoms. The standard InChI is InChI=1S/C25H36O3/c1-23(2,3)22(27)18-14-20(26)25(5)12-10-19-17(21(18)25)8-7-15-13-16(28-6)9-11-24(15,19)4/h7-8,13,16-19,21H,9-12,14H2,1-6H3/t16?,17-,18?,19-,21-,24+,25-/m1/s1. The second-order valence-electron chi connectivity index (χ2n) is 11.2. The molecule has 0 aromatic heterocycles. The maximum atomic E-state index is 13.3. The Bertz CT molecular complexity index is 754. The van der Waals surface area contributed by atoms with E-state index in [-0.39, 0.29) is 34.6 Å². The van der Waals surface area contributed by atoms with Crippen molar-refractivity contribution in [3.63, 3.8) is 0 Å². The molecule has 0 amide bonds. The highest BCUT2D eigenvalue weighted by Crippen LogP contribution is 2.64. The van der Waals surface area contributed by atoms with E-state index in [0.29, 0.717) is 24.0 Å². The van der Waals surface area contributed by atoms with Gasteiger partial charge in [-0.1, -0.05) is 52.8 Å². The van der Waals surface area contributed by atoms with E-state index in [2.05, 4.69) is 32.1 Å². The molecule has 2 fully saturated rings. The molecule has 2 unspecified atom stereocenters. The topological polar surface area (TPSA) is 43.4 Å². The number of hydrogen-bond donors (Lipinski definition) is 0. The van der Waals surface area contributed by atoms with Crippen molar-refractivity contribution in [2.75, 3.05) is 7.11 Å². The Kier molecular flexibility index (Phi) is 4.58. The van der Waals surface area contributed by atoms with Crippen molar-refractivity contribution in [1.82, 2.24) is 0 Å². The monoisotopic (exact) mass is 384 g/mol. The van der Waals surface area contributed by atoms with Crippen LogP contribution in [0.3, 0.4) is 0 Å². The molecule has 0 aromatic rings. The Balaban J connectivity index is 1.76. The SMILES string of the molecule is COC1C=C2C=C[C@@H]3[C@@H](CC[C@]4(C)C(=O)CC(C(=O)C(C)(C)C)[C@@H]34)[C@@]2(C)CC1. The molecule has 0 bridgehead atoms. The average Bonchev–Trinajstić information content (AvgIpc) is 2.90. The lowest BCUT2D eigenvalue weighted by Crippen LogP contribution is -2.51. The molecule has 0 aliphatic heterocycles. The van der Waals surface area contributed by atoms with Crippen LogP contribution in [0.15, 0.2) is 23.8 Å². The molecular formula is C25H36O3. The summed E-state index contributed by atoms with van der Waals surface area (Å²) in [6.45, 7) is 10.6. The Hall–Kier alpha value is -1.22. The van der Waals surface area contributed by atoms with E-state index >= 15 is 0 Å². The van der Waals surface area contributed by atoms with E-state index in [0.717, 1.165) is 25.7 Å². The lowest BCUT2D eigenvalue weighted by atomic mass is 9.48. The first-order valence-electron chi connectivity index (χ1n) is 11.0. The number of ketones is 2. The van der Waals surface area contributed by atoms with Crippen molar-refractivity contribution in [3.8, 4) is 0 Å². The van der Waals surface area contributed by atoms with E-state index < -0.39 is 5.41 Å². The van der Waals surface area contributed by atoms with Gasteiger partial charge in [-0.2, -0.15) is 0 Å². The third kappa shape index (κ3) is 2.72. The summed E-state index contributed by atoms with van der Waals surface area (Å²) in [5.74, 6) is 1.46. The highest BCUT2D eigenvalue weighted by Gasteiger charge is 2.63. The molecule has 7 atom stereocenters. The van der Waals surface area contributed by atoms with Gasteiger partial charge in [-0.05, 0) is 54.4 Å². The van der Waals surface area contributed by atoms with E-state index in [1.165, 1.54) is 5.57 Å². The quantitative estimate of drug-likeness (QED) is 0.661. The van der Waals surface area contributed by atoms with Gasteiger partial charge in [-0.25, -0.2) is 0 Å². The molecule has 4 rings (SSSR count). The first-order chi connectivity index (χ1) is 13.0. The molecule has 4 aliphatic rings. The van der Waals surface area contributed by atoms with Crippen LogP contribution in [0.25, 0.3) is 0 Å². The number of methoxy groups -OCH3 is 1. The van der Waals surface area contributed by atoms with Crippen LogP contribution < -0.4 is 0 Å². The Morgan fingerprint density at radius 1 is 1.14 bits per heavy atom. The number of ether oxygens (including phenoxy) is 1. The zero-order chi connectivity index (χ0) is 20.5. The number of fused-ring (bicyclic) bond motifs is 5. The molecule has 4 aliphatic carbocycles. The van der Waals surface area contributed by atoms with Crippen LogP contribution in [0.2, 0.25) is 0 Å². The summed E-state index contributed by atoms with van der Waals surface area (Å²) in [7, 11) is 1.79. The van der Waals surface area contributed by atoms with Gasteiger partial charge in [0, 0.05) is 30.3 Å². The summed E-state index contributed by atoms with van der Waals surface area (Å²) in [6, 6.07) is 0. The predicted molar refractivity (Wildman–Crippen MR) is 111 cm³/mol. The summed E-state index contributed by atoms with van der Waals surface area (Å²) in [5, 5.41) is 0. The van der Waals surface area contributed by atoms with Crippen molar-refractivity contribution in [1.29, 1.82) is 0 Å². The smallest absolute Gasteiger partial charge is 0.142 e. The number of allylic oxidation sites excluding steroid dienone is 3. The number of carbonyl (C=O) groups is 2. The zero-order valence-electron chi connectivity index (χ0n) is 18.4. The number of hydrogen-bond acceptors (Lipinski definition) is 3.